The van der Waals surface area contributed by atoms with Crippen molar-refractivity contribution in [2.45, 2.75) is 26.7 Å². The number of carbonyl (C=O) groups excluding carboxylic acids is 2. The van der Waals surface area contributed by atoms with Crippen molar-refractivity contribution in [3.63, 3.8) is 0 Å². The number of carbonyl (C=O) groups is 2. The van der Waals surface area contributed by atoms with E-state index in [9.17, 15) is 9.59 Å². The lowest BCUT2D eigenvalue weighted by atomic mass is 10.1. The Morgan fingerprint density at radius 2 is 2.26 bits per heavy atom. The Morgan fingerprint density at radius 3 is 3.00 bits per heavy atom. The number of aromatic nitrogens is 1. The van der Waals surface area contributed by atoms with E-state index >= 15 is 0 Å². The molecule has 0 radical (unpaired) electrons. The number of benzene rings is 1. The Kier molecular flexibility index (Phi) is 4.37. The van der Waals surface area contributed by atoms with Crippen LogP contribution < -0.4 is 5.32 Å². The molecule has 5 heteroatoms. The van der Waals surface area contributed by atoms with E-state index in [0.717, 1.165) is 11.9 Å². The number of likely N-dealkylation sites (tertiary alicyclic amines) is 1. The van der Waals surface area contributed by atoms with Gasteiger partial charge < -0.3 is 15.2 Å². The Bertz CT molecular complexity index is 735. The van der Waals surface area contributed by atoms with Crippen molar-refractivity contribution in [2.24, 2.45) is 5.92 Å². The van der Waals surface area contributed by atoms with Gasteiger partial charge in [0.15, 0.2) is 0 Å². The topological polar surface area (TPSA) is 65.2 Å². The minimum Gasteiger partial charge on any atom is -0.361 e. The number of aryl methyl sites for hydroxylation is 1. The summed E-state index contributed by atoms with van der Waals surface area (Å²) in [6.07, 6.45) is 3.13. The summed E-state index contributed by atoms with van der Waals surface area (Å²) >= 11 is 0. The van der Waals surface area contributed by atoms with Crippen molar-refractivity contribution in [2.75, 3.05) is 19.6 Å². The highest BCUT2D eigenvalue weighted by molar-refractivity contribution is 5.89. The fourth-order valence-corrected chi connectivity index (χ4v) is 3.23. The van der Waals surface area contributed by atoms with Crippen LogP contribution in [0.4, 0.5) is 0 Å². The molecule has 2 heterocycles. The summed E-state index contributed by atoms with van der Waals surface area (Å²) in [6.45, 7) is 5.83. The molecule has 1 saturated heterocycles. The molecule has 0 aliphatic carbocycles. The molecular weight excluding hydrogens is 290 g/mol. The summed E-state index contributed by atoms with van der Waals surface area (Å²) in [5.74, 6) is -0.127. The van der Waals surface area contributed by atoms with E-state index in [4.69, 9.17) is 0 Å². The molecule has 1 atom stereocenters. The summed E-state index contributed by atoms with van der Waals surface area (Å²) in [5, 5.41) is 4.18. The summed E-state index contributed by atoms with van der Waals surface area (Å²) in [6, 6.07) is 6.34. The number of nitrogens with one attached hydrogen (secondary N) is 2. The van der Waals surface area contributed by atoms with Gasteiger partial charge in [0.1, 0.15) is 0 Å². The van der Waals surface area contributed by atoms with Gasteiger partial charge in [-0.25, -0.2) is 0 Å². The number of hydrogen-bond acceptors (Lipinski definition) is 2. The standard InChI is InChI=1S/C18H23N3O2/c1-3-21-11-14(9-17(21)22)18(23)19-7-6-13-10-20-16-8-12(2)4-5-15(13)16/h4-5,8,10,14,20H,3,6-7,9,11H2,1-2H3,(H,19,23). The second-order valence-corrected chi connectivity index (χ2v) is 6.24. The fourth-order valence-electron chi connectivity index (χ4n) is 3.23. The third-order valence-electron chi connectivity index (χ3n) is 4.58. The molecule has 1 aliphatic rings. The molecule has 2 amide bonds. The summed E-state index contributed by atoms with van der Waals surface area (Å²) < 4.78 is 0. The molecule has 1 fully saturated rings. The van der Waals surface area contributed by atoms with Gasteiger partial charge in [0.25, 0.3) is 0 Å². The van der Waals surface area contributed by atoms with Gasteiger partial charge in [-0.3, -0.25) is 9.59 Å². The number of amides is 2. The van der Waals surface area contributed by atoms with E-state index in [1.165, 1.54) is 16.5 Å². The highest BCUT2D eigenvalue weighted by atomic mass is 16.2. The van der Waals surface area contributed by atoms with Crippen LogP contribution >= 0.6 is 0 Å². The normalized spacial score (nSPS) is 17.9. The lowest BCUT2D eigenvalue weighted by Gasteiger charge is -2.13. The first-order valence-corrected chi connectivity index (χ1v) is 8.20. The van der Waals surface area contributed by atoms with Crippen LogP contribution in [-0.4, -0.2) is 41.3 Å². The number of aromatic amines is 1. The van der Waals surface area contributed by atoms with Gasteiger partial charge in [0.2, 0.25) is 11.8 Å². The van der Waals surface area contributed by atoms with Crippen LogP contribution in [0.2, 0.25) is 0 Å². The average molecular weight is 313 g/mol. The van der Waals surface area contributed by atoms with E-state index in [1.807, 2.05) is 13.1 Å². The second-order valence-electron chi connectivity index (χ2n) is 6.24. The quantitative estimate of drug-likeness (QED) is 0.887. The molecule has 122 valence electrons. The monoisotopic (exact) mass is 313 g/mol. The van der Waals surface area contributed by atoms with Gasteiger partial charge in [-0.1, -0.05) is 12.1 Å². The minimum atomic E-state index is -0.201. The Balaban J connectivity index is 1.55. The van der Waals surface area contributed by atoms with Crippen LogP contribution in [0.3, 0.4) is 0 Å². The molecule has 1 aromatic carbocycles. The molecule has 1 aliphatic heterocycles. The zero-order chi connectivity index (χ0) is 16.4. The first-order valence-electron chi connectivity index (χ1n) is 8.20. The third kappa shape index (κ3) is 3.23. The fraction of sp³-hybridized carbons (Fsp3) is 0.444. The third-order valence-corrected chi connectivity index (χ3v) is 4.58. The molecular formula is C18H23N3O2. The van der Waals surface area contributed by atoms with Gasteiger partial charge in [0.05, 0.1) is 5.92 Å². The number of hydrogen-bond donors (Lipinski definition) is 2. The lowest BCUT2D eigenvalue weighted by molar-refractivity contribution is -0.128. The minimum absolute atomic E-state index is 0.00927. The zero-order valence-corrected chi connectivity index (χ0v) is 13.7. The van der Waals surface area contributed by atoms with Gasteiger partial charge in [-0.05, 0) is 37.5 Å². The van der Waals surface area contributed by atoms with Crippen molar-refractivity contribution in [1.82, 2.24) is 15.2 Å². The first-order chi connectivity index (χ1) is 11.1. The van der Waals surface area contributed by atoms with Crippen molar-refractivity contribution in [3.05, 3.63) is 35.5 Å². The summed E-state index contributed by atoms with van der Waals surface area (Å²) in [5.41, 5.74) is 3.56. The smallest absolute Gasteiger partial charge is 0.225 e. The molecule has 3 rings (SSSR count). The van der Waals surface area contributed by atoms with E-state index in [0.29, 0.717) is 26.1 Å². The zero-order valence-electron chi connectivity index (χ0n) is 13.7. The van der Waals surface area contributed by atoms with Crippen LogP contribution in [-0.2, 0) is 16.0 Å². The summed E-state index contributed by atoms with van der Waals surface area (Å²) in [7, 11) is 0. The van der Waals surface area contributed by atoms with E-state index in [1.54, 1.807) is 4.90 Å². The SMILES string of the molecule is CCN1CC(C(=O)NCCc2c[nH]c3cc(C)ccc23)CC1=O. The first kappa shape index (κ1) is 15.6. The maximum Gasteiger partial charge on any atom is 0.225 e. The van der Waals surface area contributed by atoms with Crippen molar-refractivity contribution in [3.8, 4) is 0 Å². The van der Waals surface area contributed by atoms with Crippen molar-refractivity contribution in [1.29, 1.82) is 0 Å². The Morgan fingerprint density at radius 1 is 1.43 bits per heavy atom. The van der Waals surface area contributed by atoms with Gasteiger partial charge in [0, 0.05) is 43.2 Å². The largest absolute Gasteiger partial charge is 0.361 e. The molecule has 2 aromatic rings. The van der Waals surface area contributed by atoms with Crippen molar-refractivity contribution >= 4 is 22.7 Å². The van der Waals surface area contributed by atoms with E-state index < -0.39 is 0 Å². The van der Waals surface area contributed by atoms with Crippen LogP contribution in [0.1, 0.15) is 24.5 Å². The van der Waals surface area contributed by atoms with Gasteiger partial charge in [-0.2, -0.15) is 0 Å². The van der Waals surface area contributed by atoms with Gasteiger partial charge in [-0.15, -0.1) is 0 Å². The highest BCUT2D eigenvalue weighted by Crippen LogP contribution is 2.20. The Hall–Kier alpha value is -2.30. The predicted molar refractivity (Wildman–Crippen MR) is 90.1 cm³/mol. The van der Waals surface area contributed by atoms with Crippen LogP contribution in [0.15, 0.2) is 24.4 Å². The molecule has 2 N–H and O–H groups in total. The molecule has 1 aromatic heterocycles. The molecule has 0 saturated carbocycles. The number of fused-ring (bicyclic) bond motifs is 1. The van der Waals surface area contributed by atoms with Crippen LogP contribution in [0, 0.1) is 12.8 Å². The number of nitrogens with zero attached hydrogens (tertiary/aromatic N) is 1. The Labute approximate surface area is 136 Å². The van der Waals surface area contributed by atoms with Crippen LogP contribution in [0.25, 0.3) is 10.9 Å². The van der Waals surface area contributed by atoms with Gasteiger partial charge >= 0.3 is 0 Å². The lowest BCUT2D eigenvalue weighted by Crippen LogP contribution is -2.34. The van der Waals surface area contributed by atoms with Crippen molar-refractivity contribution < 1.29 is 9.59 Å². The second kappa shape index (κ2) is 6.44. The maximum absolute atomic E-state index is 12.2. The average Bonchev–Trinajstić information content (AvgIpc) is 3.10. The predicted octanol–water partition coefficient (Wildman–Crippen LogP) is 2.00. The molecule has 23 heavy (non-hydrogen) atoms. The van der Waals surface area contributed by atoms with E-state index in [-0.39, 0.29) is 17.7 Å². The molecule has 0 spiro atoms. The molecule has 5 nitrogen and oxygen atoms in total. The molecule has 1 unspecified atom stereocenters. The van der Waals surface area contributed by atoms with E-state index in [2.05, 4.69) is 35.4 Å². The highest BCUT2D eigenvalue weighted by Gasteiger charge is 2.33. The molecule has 0 bridgehead atoms. The maximum atomic E-state index is 12.2. The van der Waals surface area contributed by atoms with Crippen LogP contribution in [0.5, 0.6) is 0 Å². The number of rotatable bonds is 5. The summed E-state index contributed by atoms with van der Waals surface area (Å²) in [4.78, 5) is 28.9. The number of H-pyrrole nitrogens is 1.